The molecule has 0 amide bonds. The predicted molar refractivity (Wildman–Crippen MR) is 77.1 cm³/mol. The molecule has 0 unspecified atom stereocenters. The number of hydrogen-bond acceptors (Lipinski definition) is 2. The molecule has 3 nitrogen and oxygen atoms in total. The van der Waals surface area contributed by atoms with Crippen LogP contribution in [0.4, 0.5) is 0 Å². The maximum atomic E-state index is 12.0. The second kappa shape index (κ2) is 5.65. The minimum absolute atomic E-state index is 0.00910. The smallest absolute Gasteiger partial charge is 0.189 e. The number of rotatable bonds is 4. The molecule has 2 rings (SSSR count). The minimum atomic E-state index is -0.00910. The first-order chi connectivity index (χ1) is 9.10. The fourth-order valence-corrected chi connectivity index (χ4v) is 1.97. The highest BCUT2D eigenvalue weighted by atomic mass is 16.1. The predicted octanol–water partition coefficient (Wildman–Crippen LogP) is 3.19. The van der Waals surface area contributed by atoms with Crippen molar-refractivity contribution in [3.8, 4) is 0 Å². The van der Waals surface area contributed by atoms with Crippen molar-refractivity contribution in [3.63, 3.8) is 0 Å². The Hall–Kier alpha value is -2.16. The van der Waals surface area contributed by atoms with Gasteiger partial charge in [0.2, 0.25) is 0 Å². The van der Waals surface area contributed by atoms with Crippen molar-refractivity contribution < 1.29 is 4.79 Å². The van der Waals surface area contributed by atoms with Gasteiger partial charge in [-0.15, -0.1) is 0 Å². The van der Waals surface area contributed by atoms with Gasteiger partial charge in [0.05, 0.1) is 11.3 Å². The number of allylic oxidation sites excluding steroid dienone is 1. The van der Waals surface area contributed by atoms with Crippen molar-refractivity contribution in [2.75, 3.05) is 0 Å². The second-order valence-electron chi connectivity index (χ2n) is 4.59. The molecule has 0 fully saturated rings. The first-order valence-corrected chi connectivity index (χ1v) is 6.41. The lowest BCUT2D eigenvalue weighted by molar-refractivity contribution is 0.104. The molecule has 0 saturated heterocycles. The molecule has 3 heteroatoms. The lowest BCUT2D eigenvalue weighted by Crippen LogP contribution is -1.94. The van der Waals surface area contributed by atoms with Crippen LogP contribution in [0.25, 0.3) is 6.08 Å². The van der Waals surface area contributed by atoms with Gasteiger partial charge in [-0.2, -0.15) is 5.10 Å². The zero-order chi connectivity index (χ0) is 13.8. The number of aromatic nitrogens is 2. The van der Waals surface area contributed by atoms with Crippen LogP contribution in [-0.2, 0) is 13.5 Å². The summed E-state index contributed by atoms with van der Waals surface area (Å²) < 4.78 is 1.66. The number of benzene rings is 1. The highest BCUT2D eigenvalue weighted by Crippen LogP contribution is 2.10. The van der Waals surface area contributed by atoms with E-state index in [-0.39, 0.29) is 5.78 Å². The molecule has 98 valence electrons. The highest BCUT2D eigenvalue weighted by Gasteiger charge is 2.08. The summed E-state index contributed by atoms with van der Waals surface area (Å²) in [6.07, 6.45) is 6.22. The largest absolute Gasteiger partial charge is 0.289 e. The van der Waals surface area contributed by atoms with E-state index in [1.54, 1.807) is 17.0 Å². The van der Waals surface area contributed by atoms with Gasteiger partial charge in [0.15, 0.2) is 5.78 Å². The van der Waals surface area contributed by atoms with E-state index in [2.05, 4.69) is 24.2 Å². The molecule has 19 heavy (non-hydrogen) atoms. The molecular formula is C16H18N2O. The molecule has 0 aliphatic carbocycles. The molecule has 1 aromatic carbocycles. The Morgan fingerprint density at radius 2 is 2.00 bits per heavy atom. The Kier molecular flexibility index (Phi) is 3.95. The van der Waals surface area contributed by atoms with Crippen molar-refractivity contribution >= 4 is 11.9 Å². The number of nitrogens with zero attached hydrogens (tertiary/aromatic N) is 2. The fourth-order valence-electron chi connectivity index (χ4n) is 1.97. The van der Waals surface area contributed by atoms with Gasteiger partial charge in [0.1, 0.15) is 0 Å². The van der Waals surface area contributed by atoms with Gasteiger partial charge in [-0.1, -0.05) is 37.3 Å². The van der Waals surface area contributed by atoms with Crippen molar-refractivity contribution in [1.29, 1.82) is 0 Å². The van der Waals surface area contributed by atoms with Crippen LogP contribution in [0.3, 0.4) is 0 Å². The van der Waals surface area contributed by atoms with Crippen LogP contribution in [0, 0.1) is 6.92 Å². The average molecular weight is 254 g/mol. The van der Waals surface area contributed by atoms with Crippen molar-refractivity contribution in [2.45, 2.75) is 20.3 Å². The topological polar surface area (TPSA) is 34.9 Å². The molecule has 1 heterocycles. The van der Waals surface area contributed by atoms with Crippen LogP contribution < -0.4 is 0 Å². The number of carbonyl (C=O) groups is 1. The van der Waals surface area contributed by atoms with Gasteiger partial charge in [-0.05, 0) is 30.5 Å². The van der Waals surface area contributed by atoms with Crippen LogP contribution in [0.1, 0.15) is 34.1 Å². The van der Waals surface area contributed by atoms with Crippen molar-refractivity contribution in [3.05, 3.63) is 58.9 Å². The molecule has 0 radical (unpaired) electrons. The summed E-state index contributed by atoms with van der Waals surface area (Å²) in [6.45, 7) is 3.97. The van der Waals surface area contributed by atoms with E-state index in [1.165, 1.54) is 5.56 Å². The zero-order valence-electron chi connectivity index (χ0n) is 11.6. The Labute approximate surface area is 113 Å². The molecular weight excluding hydrogens is 236 g/mol. The summed E-state index contributed by atoms with van der Waals surface area (Å²) in [4.78, 5) is 12.0. The van der Waals surface area contributed by atoms with Gasteiger partial charge in [-0.3, -0.25) is 9.48 Å². The summed E-state index contributed by atoms with van der Waals surface area (Å²) in [5, 5.41) is 4.17. The van der Waals surface area contributed by atoms with Crippen LogP contribution in [0.15, 0.2) is 36.5 Å². The van der Waals surface area contributed by atoms with Crippen molar-refractivity contribution in [2.24, 2.45) is 7.05 Å². The summed E-state index contributed by atoms with van der Waals surface area (Å²) >= 11 is 0. The molecule has 0 bridgehead atoms. The first-order valence-electron chi connectivity index (χ1n) is 6.41. The van der Waals surface area contributed by atoms with Gasteiger partial charge in [-0.25, -0.2) is 0 Å². The standard InChI is InChI=1S/C16H18N2O/c1-4-13-5-7-14(8-6-13)9-10-16(19)15-11-18(3)17-12(15)2/h5-11H,4H2,1-3H3/b10-9+. The Morgan fingerprint density at radius 3 is 2.53 bits per heavy atom. The second-order valence-corrected chi connectivity index (χ2v) is 4.59. The molecule has 0 aliphatic heterocycles. The highest BCUT2D eigenvalue weighted by molar-refractivity contribution is 6.07. The van der Waals surface area contributed by atoms with E-state index in [0.717, 1.165) is 17.7 Å². The van der Waals surface area contributed by atoms with Gasteiger partial charge in [0.25, 0.3) is 0 Å². The van der Waals surface area contributed by atoms with E-state index < -0.39 is 0 Å². The Bertz CT molecular complexity index is 606. The molecule has 1 aromatic heterocycles. The quantitative estimate of drug-likeness (QED) is 0.620. The van der Waals surface area contributed by atoms with E-state index in [1.807, 2.05) is 32.2 Å². The van der Waals surface area contributed by atoms with E-state index in [4.69, 9.17) is 0 Å². The molecule has 0 aliphatic rings. The number of carbonyl (C=O) groups excluding carboxylic acids is 1. The normalized spacial score (nSPS) is 11.1. The van der Waals surface area contributed by atoms with Gasteiger partial charge < -0.3 is 0 Å². The van der Waals surface area contributed by atoms with E-state index in [0.29, 0.717) is 5.56 Å². The molecule has 0 spiro atoms. The average Bonchev–Trinajstić information content (AvgIpc) is 2.75. The Balaban J connectivity index is 2.13. The summed E-state index contributed by atoms with van der Waals surface area (Å²) in [5.41, 5.74) is 3.75. The third-order valence-corrected chi connectivity index (χ3v) is 3.09. The number of ketones is 1. The molecule has 2 aromatic rings. The van der Waals surface area contributed by atoms with Gasteiger partial charge >= 0.3 is 0 Å². The summed E-state index contributed by atoms with van der Waals surface area (Å²) in [5.74, 6) is -0.00910. The minimum Gasteiger partial charge on any atom is -0.289 e. The SMILES string of the molecule is CCc1ccc(/C=C/C(=O)c2cn(C)nc2C)cc1. The summed E-state index contributed by atoms with van der Waals surface area (Å²) in [6, 6.07) is 8.22. The zero-order valence-corrected chi connectivity index (χ0v) is 11.6. The van der Waals surface area contributed by atoms with Gasteiger partial charge in [0, 0.05) is 13.2 Å². The monoisotopic (exact) mass is 254 g/mol. The van der Waals surface area contributed by atoms with Crippen LogP contribution in [0.5, 0.6) is 0 Å². The molecule has 0 N–H and O–H groups in total. The van der Waals surface area contributed by atoms with E-state index in [9.17, 15) is 4.79 Å². The summed E-state index contributed by atoms with van der Waals surface area (Å²) in [7, 11) is 1.82. The third-order valence-electron chi connectivity index (χ3n) is 3.09. The van der Waals surface area contributed by atoms with Crippen LogP contribution in [0.2, 0.25) is 0 Å². The fraction of sp³-hybridized carbons (Fsp3) is 0.250. The van der Waals surface area contributed by atoms with Crippen LogP contribution in [-0.4, -0.2) is 15.6 Å². The Morgan fingerprint density at radius 1 is 1.32 bits per heavy atom. The lowest BCUT2D eigenvalue weighted by Gasteiger charge is -1.97. The maximum absolute atomic E-state index is 12.0. The number of aryl methyl sites for hydroxylation is 3. The van der Waals surface area contributed by atoms with Crippen LogP contribution >= 0.6 is 0 Å². The first kappa shape index (κ1) is 13.3. The molecule has 0 saturated carbocycles. The molecule has 0 atom stereocenters. The third kappa shape index (κ3) is 3.19. The lowest BCUT2D eigenvalue weighted by atomic mass is 10.1. The van der Waals surface area contributed by atoms with E-state index >= 15 is 0 Å². The van der Waals surface area contributed by atoms with Crippen molar-refractivity contribution in [1.82, 2.24) is 9.78 Å². The maximum Gasteiger partial charge on any atom is 0.189 e. The number of hydrogen-bond donors (Lipinski definition) is 0.